The van der Waals surface area contributed by atoms with Crippen LogP contribution in [-0.4, -0.2) is 44.2 Å². The van der Waals surface area contributed by atoms with Crippen molar-refractivity contribution in [2.45, 2.75) is 12.5 Å². The minimum atomic E-state index is -2.98. The van der Waals surface area contributed by atoms with Crippen molar-refractivity contribution in [3.05, 3.63) is 64.2 Å². The standard InChI is InChI=1S/C18H20N4O4S/c1-21(16-5-3-2-4-6-16)17-8-7-14(11-18(17)22(23)24)12-19-20-15-9-10-27(25,26)13-15/h2-8,11-12,15,20H,9-10,13H2,1H3. The second-order valence-electron chi connectivity index (χ2n) is 6.39. The van der Waals surface area contributed by atoms with Gasteiger partial charge in [0.25, 0.3) is 5.69 Å². The number of nitro benzene ring substituents is 1. The number of rotatable bonds is 6. The van der Waals surface area contributed by atoms with Crippen LogP contribution in [0.4, 0.5) is 17.1 Å². The van der Waals surface area contributed by atoms with Crippen LogP contribution in [0, 0.1) is 10.1 Å². The molecular formula is C18H20N4O4S. The zero-order chi connectivity index (χ0) is 19.4. The Morgan fingerprint density at radius 2 is 2.00 bits per heavy atom. The molecule has 1 aliphatic heterocycles. The van der Waals surface area contributed by atoms with E-state index >= 15 is 0 Å². The van der Waals surface area contributed by atoms with Crippen LogP contribution in [0.3, 0.4) is 0 Å². The highest BCUT2D eigenvalue weighted by Crippen LogP contribution is 2.32. The summed E-state index contributed by atoms with van der Waals surface area (Å²) in [5, 5.41) is 15.6. The van der Waals surface area contributed by atoms with Gasteiger partial charge in [0.05, 0.1) is 28.7 Å². The summed E-state index contributed by atoms with van der Waals surface area (Å²) in [6, 6.07) is 14.0. The lowest BCUT2D eigenvalue weighted by Crippen LogP contribution is -2.25. The lowest BCUT2D eigenvalue weighted by atomic mass is 10.1. The van der Waals surface area contributed by atoms with Crippen LogP contribution in [-0.2, 0) is 9.84 Å². The van der Waals surface area contributed by atoms with Gasteiger partial charge >= 0.3 is 0 Å². The van der Waals surface area contributed by atoms with Gasteiger partial charge in [-0.2, -0.15) is 5.10 Å². The molecule has 1 fully saturated rings. The molecule has 0 amide bonds. The molecule has 1 aliphatic rings. The van der Waals surface area contributed by atoms with Gasteiger partial charge in [0.1, 0.15) is 5.69 Å². The summed E-state index contributed by atoms with van der Waals surface area (Å²) >= 11 is 0. The first-order valence-corrected chi connectivity index (χ1v) is 10.2. The summed E-state index contributed by atoms with van der Waals surface area (Å²) in [7, 11) is -1.21. The van der Waals surface area contributed by atoms with Crippen molar-refractivity contribution in [2.75, 3.05) is 23.5 Å². The highest BCUT2D eigenvalue weighted by Gasteiger charge is 2.27. The van der Waals surface area contributed by atoms with Crippen LogP contribution < -0.4 is 10.3 Å². The molecule has 0 bridgehead atoms. The van der Waals surface area contributed by atoms with Gasteiger partial charge in [-0.25, -0.2) is 8.42 Å². The number of para-hydroxylation sites is 1. The summed E-state index contributed by atoms with van der Waals surface area (Å²) in [6.45, 7) is 0. The lowest BCUT2D eigenvalue weighted by Gasteiger charge is -2.19. The summed E-state index contributed by atoms with van der Waals surface area (Å²) < 4.78 is 22.9. The molecular weight excluding hydrogens is 368 g/mol. The molecule has 2 aromatic carbocycles. The number of anilines is 2. The molecule has 0 spiro atoms. The molecule has 0 aromatic heterocycles. The molecule has 0 saturated carbocycles. The average Bonchev–Trinajstić information content (AvgIpc) is 3.00. The first kappa shape index (κ1) is 18.8. The van der Waals surface area contributed by atoms with Crippen molar-refractivity contribution in [3.63, 3.8) is 0 Å². The molecule has 0 radical (unpaired) electrons. The van der Waals surface area contributed by atoms with Gasteiger partial charge in [-0.15, -0.1) is 0 Å². The van der Waals surface area contributed by atoms with Gasteiger partial charge in [-0.1, -0.05) is 24.3 Å². The van der Waals surface area contributed by atoms with E-state index in [1.807, 2.05) is 30.3 Å². The molecule has 9 heteroatoms. The van der Waals surface area contributed by atoms with Crippen LogP contribution in [0.5, 0.6) is 0 Å². The Morgan fingerprint density at radius 3 is 2.63 bits per heavy atom. The third-order valence-corrected chi connectivity index (χ3v) is 6.17. The van der Waals surface area contributed by atoms with Crippen LogP contribution in [0.2, 0.25) is 0 Å². The number of nitro groups is 1. The highest BCUT2D eigenvalue weighted by molar-refractivity contribution is 7.91. The second-order valence-corrected chi connectivity index (χ2v) is 8.62. The van der Waals surface area contributed by atoms with E-state index in [0.29, 0.717) is 17.7 Å². The number of benzene rings is 2. The topological polar surface area (TPSA) is 105 Å². The summed E-state index contributed by atoms with van der Waals surface area (Å²) in [5.74, 6) is 0.220. The maximum atomic E-state index is 11.5. The van der Waals surface area contributed by atoms with Gasteiger partial charge < -0.3 is 10.3 Å². The van der Waals surface area contributed by atoms with Crippen molar-refractivity contribution >= 4 is 33.1 Å². The van der Waals surface area contributed by atoms with Gasteiger partial charge in [-0.05, 0) is 24.6 Å². The lowest BCUT2D eigenvalue weighted by molar-refractivity contribution is -0.384. The summed E-state index contributed by atoms with van der Waals surface area (Å²) in [6.07, 6.45) is 1.98. The normalized spacial score (nSPS) is 18.5. The number of hydrogen-bond donors (Lipinski definition) is 1. The molecule has 1 heterocycles. The predicted octanol–water partition coefficient (Wildman–Crippen LogP) is 2.47. The largest absolute Gasteiger partial charge is 0.339 e. The maximum Gasteiger partial charge on any atom is 0.293 e. The van der Waals surface area contributed by atoms with Crippen molar-refractivity contribution in [3.8, 4) is 0 Å². The predicted molar refractivity (Wildman–Crippen MR) is 105 cm³/mol. The van der Waals surface area contributed by atoms with E-state index in [2.05, 4.69) is 10.5 Å². The van der Waals surface area contributed by atoms with E-state index in [9.17, 15) is 18.5 Å². The van der Waals surface area contributed by atoms with Gasteiger partial charge in [0, 0.05) is 24.4 Å². The molecule has 8 nitrogen and oxygen atoms in total. The first-order valence-electron chi connectivity index (χ1n) is 8.42. The number of nitrogens with zero attached hydrogens (tertiary/aromatic N) is 3. The Balaban J connectivity index is 1.77. The van der Waals surface area contributed by atoms with Crippen LogP contribution in [0.15, 0.2) is 53.6 Å². The number of hydrogen-bond acceptors (Lipinski definition) is 7. The molecule has 1 saturated heterocycles. The van der Waals surface area contributed by atoms with E-state index in [1.165, 1.54) is 12.3 Å². The fourth-order valence-electron chi connectivity index (χ4n) is 2.96. The third-order valence-electron chi connectivity index (χ3n) is 4.40. The van der Waals surface area contributed by atoms with E-state index in [4.69, 9.17) is 0 Å². The number of hydrazone groups is 1. The Kier molecular flexibility index (Phi) is 5.41. The molecule has 142 valence electrons. The minimum absolute atomic E-state index is 0.0336. The Hall–Kier alpha value is -2.94. The Bertz CT molecular complexity index is 961. The summed E-state index contributed by atoms with van der Waals surface area (Å²) in [4.78, 5) is 12.8. The molecule has 1 N–H and O–H groups in total. The summed E-state index contributed by atoms with van der Waals surface area (Å²) in [5.41, 5.74) is 4.64. The van der Waals surface area contributed by atoms with Crippen LogP contribution >= 0.6 is 0 Å². The second kappa shape index (κ2) is 7.75. The van der Waals surface area contributed by atoms with E-state index < -0.39 is 14.8 Å². The quantitative estimate of drug-likeness (QED) is 0.463. The van der Waals surface area contributed by atoms with E-state index in [1.54, 1.807) is 24.1 Å². The van der Waals surface area contributed by atoms with Crippen molar-refractivity contribution in [1.29, 1.82) is 0 Å². The molecule has 27 heavy (non-hydrogen) atoms. The van der Waals surface area contributed by atoms with Crippen LogP contribution in [0.25, 0.3) is 0 Å². The number of nitrogens with one attached hydrogen (secondary N) is 1. The Labute approximate surface area is 157 Å². The van der Waals surface area contributed by atoms with Crippen molar-refractivity contribution in [2.24, 2.45) is 5.10 Å². The van der Waals surface area contributed by atoms with Gasteiger partial charge in [0.2, 0.25) is 0 Å². The van der Waals surface area contributed by atoms with Crippen LogP contribution in [0.1, 0.15) is 12.0 Å². The van der Waals surface area contributed by atoms with Crippen molar-refractivity contribution in [1.82, 2.24) is 5.43 Å². The van der Waals surface area contributed by atoms with Gasteiger partial charge in [0.15, 0.2) is 9.84 Å². The highest BCUT2D eigenvalue weighted by atomic mass is 32.2. The maximum absolute atomic E-state index is 11.5. The average molecular weight is 388 g/mol. The molecule has 1 atom stereocenters. The molecule has 3 rings (SSSR count). The van der Waals surface area contributed by atoms with E-state index in [0.717, 1.165) is 5.69 Å². The molecule has 1 unspecified atom stereocenters. The zero-order valence-corrected chi connectivity index (χ0v) is 15.6. The monoisotopic (exact) mass is 388 g/mol. The van der Waals surface area contributed by atoms with Crippen molar-refractivity contribution < 1.29 is 13.3 Å². The third kappa shape index (κ3) is 4.62. The fraction of sp³-hybridized carbons (Fsp3) is 0.278. The molecule has 0 aliphatic carbocycles. The van der Waals surface area contributed by atoms with E-state index in [-0.39, 0.29) is 23.2 Å². The first-order chi connectivity index (χ1) is 12.9. The fourth-order valence-corrected chi connectivity index (χ4v) is 4.62. The SMILES string of the molecule is CN(c1ccccc1)c1ccc(C=NNC2CCS(=O)(=O)C2)cc1[N+](=O)[O-]. The van der Waals surface area contributed by atoms with Gasteiger partial charge in [-0.3, -0.25) is 10.1 Å². The minimum Gasteiger partial charge on any atom is -0.339 e. The smallest absolute Gasteiger partial charge is 0.293 e. The number of sulfone groups is 1. The Morgan fingerprint density at radius 1 is 1.26 bits per heavy atom. The zero-order valence-electron chi connectivity index (χ0n) is 14.8. The molecule has 2 aromatic rings.